The van der Waals surface area contributed by atoms with E-state index in [1.165, 1.54) is 21.4 Å². The number of hydrogen-bond donors (Lipinski definition) is 3. The van der Waals surface area contributed by atoms with Crippen molar-refractivity contribution in [3.8, 4) is 11.5 Å². The molecule has 0 radical (unpaired) electrons. The lowest BCUT2D eigenvalue weighted by atomic mass is 9.91. The largest absolute Gasteiger partial charge is 0.454 e. The Bertz CT molecular complexity index is 1360. The van der Waals surface area contributed by atoms with Gasteiger partial charge in [0.2, 0.25) is 22.7 Å². The van der Waals surface area contributed by atoms with Gasteiger partial charge in [-0.15, -0.1) is 0 Å². The van der Waals surface area contributed by atoms with E-state index < -0.39 is 39.4 Å². The molecule has 45 heavy (non-hydrogen) atoms. The molecule has 1 heterocycles. The summed E-state index contributed by atoms with van der Waals surface area (Å²) < 4.78 is 44.9. The van der Waals surface area contributed by atoms with Crippen LogP contribution in [0.15, 0.2) is 53.4 Å². The van der Waals surface area contributed by atoms with Crippen LogP contribution in [0.4, 0.5) is 0 Å². The zero-order valence-electron chi connectivity index (χ0n) is 27.1. The van der Waals surface area contributed by atoms with Gasteiger partial charge in [0.15, 0.2) is 11.5 Å². The first-order valence-corrected chi connectivity index (χ1v) is 16.6. The van der Waals surface area contributed by atoms with Gasteiger partial charge in [0.25, 0.3) is 5.91 Å². The van der Waals surface area contributed by atoms with Crippen molar-refractivity contribution in [2.75, 3.05) is 46.7 Å². The Morgan fingerprint density at radius 1 is 1.04 bits per heavy atom. The number of nitrogens with one attached hydrogen (secondary N) is 2. The smallest absolute Gasteiger partial charge is 0.252 e. The van der Waals surface area contributed by atoms with E-state index in [0.717, 1.165) is 5.56 Å². The summed E-state index contributed by atoms with van der Waals surface area (Å²) in [6.45, 7) is 10.0. The van der Waals surface area contributed by atoms with Crippen molar-refractivity contribution >= 4 is 21.8 Å². The summed E-state index contributed by atoms with van der Waals surface area (Å²) in [5.74, 6) is -0.186. The van der Waals surface area contributed by atoms with Crippen LogP contribution in [0, 0.1) is 11.3 Å². The molecule has 2 aromatic carbocycles. The van der Waals surface area contributed by atoms with E-state index in [0.29, 0.717) is 24.7 Å². The zero-order chi connectivity index (χ0) is 33.2. The van der Waals surface area contributed by atoms with Gasteiger partial charge in [-0.25, -0.2) is 13.4 Å². The molecule has 1 aliphatic rings. The molecule has 3 rings (SSSR count). The third kappa shape index (κ3) is 11.0. The van der Waals surface area contributed by atoms with E-state index in [9.17, 15) is 23.1 Å². The molecule has 0 aliphatic carbocycles. The minimum absolute atomic E-state index is 0.000470. The van der Waals surface area contributed by atoms with Crippen molar-refractivity contribution in [3.05, 3.63) is 54.1 Å². The summed E-state index contributed by atoms with van der Waals surface area (Å²) in [7, 11) is -2.55. The second kappa shape index (κ2) is 16.4. The molecule has 0 aromatic heterocycles. The fourth-order valence-corrected chi connectivity index (χ4v) is 6.51. The van der Waals surface area contributed by atoms with Gasteiger partial charge in [-0.05, 0) is 35.4 Å². The fraction of sp³-hybridized carbons (Fsp3) is 0.562. The highest BCUT2D eigenvalue weighted by Crippen LogP contribution is 2.35. The highest BCUT2D eigenvalue weighted by Gasteiger charge is 2.37. The number of nitrogens with zero attached hydrogens (tertiary/aromatic N) is 2. The van der Waals surface area contributed by atoms with Crippen molar-refractivity contribution in [2.45, 2.75) is 64.5 Å². The molecule has 0 bridgehead atoms. The molecule has 2 amide bonds. The van der Waals surface area contributed by atoms with E-state index in [-0.39, 0.29) is 50.1 Å². The van der Waals surface area contributed by atoms with Crippen LogP contribution in [0.1, 0.15) is 46.6 Å². The van der Waals surface area contributed by atoms with E-state index in [2.05, 4.69) is 10.7 Å². The van der Waals surface area contributed by atoms with Crippen LogP contribution in [0.5, 0.6) is 11.5 Å². The van der Waals surface area contributed by atoms with Crippen LogP contribution >= 0.6 is 0 Å². The minimum atomic E-state index is -4.11. The predicted octanol–water partition coefficient (Wildman–Crippen LogP) is 2.57. The number of aliphatic hydroxyl groups is 1. The number of hydrazine groups is 1. The van der Waals surface area contributed by atoms with Gasteiger partial charge >= 0.3 is 0 Å². The molecular weight excluding hydrogens is 600 g/mol. The van der Waals surface area contributed by atoms with Crippen LogP contribution in [0.3, 0.4) is 0 Å². The lowest BCUT2D eigenvalue weighted by Gasteiger charge is -2.38. The summed E-state index contributed by atoms with van der Waals surface area (Å²) in [6.07, 6.45) is -1.14. The Hall–Kier alpha value is -3.23. The lowest BCUT2D eigenvalue weighted by Crippen LogP contribution is -2.60. The SMILES string of the molecule is COCCNCC(=O)NN(C(=O)CC(C)(C)C)[C@@H](Cc1ccccc1)[C@H](O)CN(CC(C)C)S(=O)(=O)c1ccc2c(c1)OCO2. The number of hydrogen-bond acceptors (Lipinski definition) is 9. The van der Waals surface area contributed by atoms with E-state index in [4.69, 9.17) is 14.2 Å². The number of aliphatic hydroxyl groups excluding tert-OH is 1. The van der Waals surface area contributed by atoms with Crippen molar-refractivity contribution in [3.63, 3.8) is 0 Å². The fourth-order valence-electron chi connectivity index (χ4n) is 4.87. The molecule has 13 heteroatoms. The van der Waals surface area contributed by atoms with E-state index >= 15 is 0 Å². The average Bonchev–Trinajstić information content (AvgIpc) is 3.44. The Morgan fingerprint density at radius 3 is 2.38 bits per heavy atom. The first kappa shape index (κ1) is 36.2. The Morgan fingerprint density at radius 2 is 1.73 bits per heavy atom. The molecule has 1 aliphatic heterocycles. The number of benzene rings is 2. The van der Waals surface area contributed by atoms with E-state index in [1.54, 1.807) is 13.2 Å². The number of ether oxygens (including phenoxy) is 3. The van der Waals surface area contributed by atoms with Crippen molar-refractivity contribution in [1.82, 2.24) is 20.1 Å². The second-order valence-corrected chi connectivity index (χ2v) is 14.7. The minimum Gasteiger partial charge on any atom is -0.454 e. The van der Waals surface area contributed by atoms with Crippen LogP contribution < -0.4 is 20.2 Å². The summed E-state index contributed by atoms with van der Waals surface area (Å²) in [6, 6.07) is 12.7. The van der Waals surface area contributed by atoms with Crippen molar-refractivity contribution in [1.29, 1.82) is 0 Å². The predicted molar refractivity (Wildman–Crippen MR) is 170 cm³/mol. The van der Waals surface area contributed by atoms with Gasteiger partial charge in [-0.2, -0.15) is 4.31 Å². The third-order valence-corrected chi connectivity index (χ3v) is 8.80. The van der Waals surface area contributed by atoms with Crippen LogP contribution in [-0.2, 0) is 30.8 Å². The van der Waals surface area contributed by atoms with Gasteiger partial charge in [0, 0.05) is 39.2 Å². The van der Waals surface area contributed by atoms with Crippen molar-refractivity contribution < 1.29 is 37.3 Å². The van der Waals surface area contributed by atoms with Crippen LogP contribution in [0.2, 0.25) is 0 Å². The monoisotopic (exact) mass is 648 g/mol. The molecule has 2 aromatic rings. The quantitative estimate of drug-likeness (QED) is 0.185. The normalized spacial score (nSPS) is 14.4. The Kier molecular flexibility index (Phi) is 13.2. The maximum Gasteiger partial charge on any atom is 0.252 e. The highest BCUT2D eigenvalue weighted by molar-refractivity contribution is 7.89. The highest BCUT2D eigenvalue weighted by atomic mass is 32.2. The van der Waals surface area contributed by atoms with Gasteiger partial charge in [-0.1, -0.05) is 65.0 Å². The number of fused-ring (bicyclic) bond motifs is 1. The summed E-state index contributed by atoms with van der Waals surface area (Å²) in [4.78, 5) is 26.8. The van der Waals surface area contributed by atoms with Gasteiger partial charge in [-0.3, -0.25) is 15.0 Å². The number of methoxy groups -OCH3 is 1. The first-order chi connectivity index (χ1) is 21.2. The Labute approximate surface area is 267 Å². The maximum atomic E-state index is 14.0. The average molecular weight is 649 g/mol. The summed E-state index contributed by atoms with van der Waals surface area (Å²) in [5.41, 5.74) is 3.09. The number of rotatable bonds is 16. The molecular formula is C32H48N4O8S. The molecule has 0 fully saturated rings. The molecule has 3 N–H and O–H groups in total. The third-order valence-electron chi connectivity index (χ3n) is 6.97. The molecule has 0 spiro atoms. The van der Waals surface area contributed by atoms with Crippen LogP contribution in [0.25, 0.3) is 0 Å². The first-order valence-electron chi connectivity index (χ1n) is 15.1. The molecule has 12 nitrogen and oxygen atoms in total. The van der Waals surface area contributed by atoms with E-state index in [1.807, 2.05) is 65.0 Å². The summed E-state index contributed by atoms with van der Waals surface area (Å²) >= 11 is 0. The molecule has 0 unspecified atom stereocenters. The second-order valence-electron chi connectivity index (χ2n) is 12.8. The van der Waals surface area contributed by atoms with Gasteiger partial charge in [0.05, 0.1) is 30.2 Å². The molecule has 250 valence electrons. The molecule has 0 saturated heterocycles. The van der Waals surface area contributed by atoms with Gasteiger partial charge in [0.1, 0.15) is 0 Å². The summed E-state index contributed by atoms with van der Waals surface area (Å²) in [5, 5.41) is 16.0. The molecule has 2 atom stereocenters. The number of sulfonamides is 1. The number of carbonyl (C=O) groups excluding carboxylic acids is 2. The number of amides is 2. The zero-order valence-corrected chi connectivity index (χ0v) is 27.9. The Balaban J connectivity index is 1.98. The maximum absolute atomic E-state index is 14.0. The van der Waals surface area contributed by atoms with Gasteiger partial charge < -0.3 is 24.6 Å². The lowest BCUT2D eigenvalue weighted by molar-refractivity contribution is -0.149. The molecule has 0 saturated carbocycles. The van der Waals surface area contributed by atoms with Crippen LogP contribution in [-0.4, -0.2) is 93.5 Å². The topological polar surface area (TPSA) is 147 Å². The standard InChI is InChI=1S/C32H48N4O8S/c1-23(2)20-35(45(40,41)25-12-13-28-29(17-25)44-22-43-28)21-27(37)26(16-24-10-8-7-9-11-24)36(31(39)18-32(3,4)5)34-30(38)19-33-14-15-42-6/h7-13,17,23,26-27,33,37H,14-16,18-22H2,1-6H3,(H,34,38)/t26-,27+/m0/s1. The number of carbonyl (C=O) groups is 2. The van der Waals surface area contributed by atoms with Crippen molar-refractivity contribution in [2.24, 2.45) is 11.3 Å².